The molecular weight excluding hydrogens is 502 g/mol. The summed E-state index contributed by atoms with van der Waals surface area (Å²) in [7, 11) is 0. The number of anilines is 1. The number of fused-ring (bicyclic) bond motifs is 1. The Labute approximate surface area is 228 Å². The fourth-order valence-electron chi connectivity index (χ4n) is 5.93. The molecule has 11 heteroatoms. The third-order valence-corrected chi connectivity index (χ3v) is 8.13. The third-order valence-electron chi connectivity index (χ3n) is 8.13. The van der Waals surface area contributed by atoms with Crippen LogP contribution in [0, 0.1) is 11.8 Å². The zero-order chi connectivity index (χ0) is 27.7. The van der Waals surface area contributed by atoms with Crippen LogP contribution in [0.3, 0.4) is 0 Å². The molecule has 1 aromatic rings. The number of ether oxygens (including phenoxy) is 1. The number of rotatable bonds is 5. The number of carbonyl (C=O) groups excluding carboxylic acids is 5. The second-order valence-electron chi connectivity index (χ2n) is 11.2. The highest BCUT2D eigenvalue weighted by molar-refractivity contribution is 6.06. The topological polar surface area (TPSA) is 120 Å². The van der Waals surface area contributed by atoms with Crippen molar-refractivity contribution in [2.45, 2.75) is 52.1 Å². The second kappa shape index (κ2) is 11.2. The minimum atomic E-state index is -0.642. The highest BCUT2D eigenvalue weighted by atomic mass is 16.6. The lowest BCUT2D eigenvalue weighted by molar-refractivity contribution is -0.138. The van der Waals surface area contributed by atoms with E-state index in [9.17, 15) is 24.0 Å². The fraction of sp³-hybridized carbons (Fsp3) is 0.607. The molecule has 3 fully saturated rings. The van der Waals surface area contributed by atoms with E-state index in [-0.39, 0.29) is 42.1 Å². The van der Waals surface area contributed by atoms with Crippen molar-refractivity contribution >= 4 is 35.4 Å². The predicted octanol–water partition coefficient (Wildman–Crippen LogP) is 1.60. The van der Waals surface area contributed by atoms with E-state index in [2.05, 4.69) is 10.2 Å². The molecule has 4 aliphatic heterocycles. The molecule has 0 spiro atoms. The van der Waals surface area contributed by atoms with E-state index in [0.29, 0.717) is 77.2 Å². The van der Waals surface area contributed by atoms with Crippen LogP contribution in [-0.2, 0) is 25.7 Å². The van der Waals surface area contributed by atoms with Crippen LogP contribution in [-0.4, -0.2) is 96.3 Å². The number of hydrogen-bond donors (Lipinski definition) is 1. The van der Waals surface area contributed by atoms with Gasteiger partial charge < -0.3 is 24.3 Å². The van der Waals surface area contributed by atoms with E-state index in [1.165, 1.54) is 0 Å². The number of piperazine rings is 1. The third kappa shape index (κ3) is 5.58. The van der Waals surface area contributed by atoms with Gasteiger partial charge in [0.2, 0.25) is 17.7 Å². The highest BCUT2D eigenvalue weighted by Gasteiger charge is 2.41. The summed E-state index contributed by atoms with van der Waals surface area (Å²) in [5, 5.41) is 2.35. The molecule has 3 saturated heterocycles. The number of nitrogens with one attached hydrogen (secondary N) is 1. The Morgan fingerprint density at radius 2 is 1.67 bits per heavy atom. The first-order chi connectivity index (χ1) is 18.7. The van der Waals surface area contributed by atoms with Gasteiger partial charge in [-0.15, -0.1) is 0 Å². The number of carbonyl (C=O) groups is 5. The smallest absolute Gasteiger partial charge is 0.409 e. The van der Waals surface area contributed by atoms with Gasteiger partial charge in [-0.1, -0.05) is 19.9 Å². The summed E-state index contributed by atoms with van der Waals surface area (Å²) < 4.78 is 5.32. The van der Waals surface area contributed by atoms with Gasteiger partial charge in [0, 0.05) is 75.0 Å². The molecule has 0 radical (unpaired) electrons. The summed E-state index contributed by atoms with van der Waals surface area (Å²) in [5.41, 5.74) is 2.47. The lowest BCUT2D eigenvalue weighted by Crippen LogP contribution is -2.53. The zero-order valence-electron chi connectivity index (χ0n) is 22.7. The summed E-state index contributed by atoms with van der Waals surface area (Å²) in [6.45, 7) is 8.10. The van der Waals surface area contributed by atoms with Crippen LogP contribution in [0.4, 0.5) is 10.5 Å². The first-order valence-electron chi connectivity index (χ1n) is 13.9. The average molecular weight is 540 g/mol. The van der Waals surface area contributed by atoms with Crippen LogP contribution in [0.25, 0.3) is 0 Å². The molecule has 4 aliphatic rings. The van der Waals surface area contributed by atoms with E-state index in [1.54, 1.807) is 15.9 Å². The van der Waals surface area contributed by atoms with E-state index < -0.39 is 11.9 Å². The number of piperidine rings is 2. The molecule has 5 rings (SSSR count). The fourth-order valence-corrected chi connectivity index (χ4v) is 5.93. The van der Waals surface area contributed by atoms with Gasteiger partial charge in [-0.2, -0.15) is 0 Å². The molecule has 1 atom stereocenters. The van der Waals surface area contributed by atoms with Crippen LogP contribution in [0.5, 0.6) is 0 Å². The molecule has 0 bridgehead atoms. The van der Waals surface area contributed by atoms with Crippen LogP contribution >= 0.6 is 0 Å². The Morgan fingerprint density at radius 1 is 0.974 bits per heavy atom. The van der Waals surface area contributed by atoms with Crippen molar-refractivity contribution in [3.05, 3.63) is 29.3 Å². The zero-order valence-corrected chi connectivity index (χ0v) is 22.7. The monoisotopic (exact) mass is 539 g/mol. The van der Waals surface area contributed by atoms with Gasteiger partial charge in [-0.05, 0) is 37.3 Å². The standard InChI is InChI=1S/C28H37N5O6/c1-18(2)17-39-28(38)32-14-12-31(13-15-32)26(36)19-8-10-30(11-9-19)22-5-3-4-20-21(22)16-33(27(20)37)23-6-7-24(34)29-25(23)35/h3-5,18-19,23H,6-17H2,1-2H3,(H,29,34,35). The number of amides is 5. The molecule has 1 aromatic carbocycles. The summed E-state index contributed by atoms with van der Waals surface area (Å²) in [5.74, 6) is -0.546. The summed E-state index contributed by atoms with van der Waals surface area (Å²) >= 11 is 0. The Hall–Kier alpha value is -3.63. The maximum atomic E-state index is 13.2. The van der Waals surface area contributed by atoms with Crippen LogP contribution in [0.15, 0.2) is 18.2 Å². The Morgan fingerprint density at radius 3 is 2.33 bits per heavy atom. The molecule has 1 unspecified atom stereocenters. The van der Waals surface area contributed by atoms with Crippen molar-refractivity contribution in [2.24, 2.45) is 11.8 Å². The molecule has 0 aliphatic carbocycles. The molecule has 4 heterocycles. The van der Waals surface area contributed by atoms with Gasteiger partial charge in [-0.3, -0.25) is 24.5 Å². The van der Waals surface area contributed by atoms with Crippen LogP contribution in [0.1, 0.15) is 55.5 Å². The molecule has 0 aromatic heterocycles. The van der Waals surface area contributed by atoms with Gasteiger partial charge >= 0.3 is 6.09 Å². The van der Waals surface area contributed by atoms with Crippen molar-refractivity contribution in [3.8, 4) is 0 Å². The molecule has 0 saturated carbocycles. The second-order valence-corrected chi connectivity index (χ2v) is 11.2. The van der Waals surface area contributed by atoms with Gasteiger partial charge in [0.15, 0.2) is 0 Å². The quantitative estimate of drug-likeness (QED) is 0.565. The van der Waals surface area contributed by atoms with E-state index >= 15 is 0 Å². The lowest BCUT2D eigenvalue weighted by atomic mass is 9.94. The summed E-state index contributed by atoms with van der Waals surface area (Å²) in [6, 6.07) is 5.01. The van der Waals surface area contributed by atoms with E-state index in [1.807, 2.05) is 30.9 Å². The van der Waals surface area contributed by atoms with Crippen molar-refractivity contribution in [3.63, 3.8) is 0 Å². The highest BCUT2D eigenvalue weighted by Crippen LogP contribution is 2.36. The van der Waals surface area contributed by atoms with Gasteiger partial charge in [0.25, 0.3) is 5.91 Å². The number of nitrogens with zero attached hydrogens (tertiary/aromatic N) is 4. The minimum Gasteiger partial charge on any atom is -0.449 e. The molecule has 210 valence electrons. The molecular formula is C28H37N5O6. The minimum absolute atomic E-state index is 0.0703. The Bertz CT molecular complexity index is 1150. The number of hydrogen-bond acceptors (Lipinski definition) is 7. The van der Waals surface area contributed by atoms with Crippen molar-refractivity contribution < 1.29 is 28.7 Å². The van der Waals surface area contributed by atoms with Gasteiger partial charge in [-0.25, -0.2) is 4.79 Å². The normalized spacial score (nSPS) is 22.3. The van der Waals surface area contributed by atoms with Crippen LogP contribution in [0.2, 0.25) is 0 Å². The van der Waals surface area contributed by atoms with Crippen molar-refractivity contribution in [2.75, 3.05) is 50.8 Å². The number of benzene rings is 1. The van der Waals surface area contributed by atoms with Gasteiger partial charge in [0.05, 0.1) is 6.61 Å². The SMILES string of the molecule is CC(C)COC(=O)N1CCN(C(=O)C2CCN(c3cccc4c3CN(C3CCC(=O)NC3=O)C4=O)CC2)CC1. The largest absolute Gasteiger partial charge is 0.449 e. The molecule has 11 nitrogen and oxygen atoms in total. The number of imide groups is 1. The lowest BCUT2D eigenvalue weighted by Gasteiger charge is -2.39. The maximum absolute atomic E-state index is 13.2. The molecule has 5 amide bonds. The predicted molar refractivity (Wildman–Crippen MR) is 142 cm³/mol. The van der Waals surface area contributed by atoms with Gasteiger partial charge in [0.1, 0.15) is 6.04 Å². The average Bonchev–Trinajstić information content (AvgIpc) is 3.27. The van der Waals surface area contributed by atoms with Crippen molar-refractivity contribution in [1.29, 1.82) is 0 Å². The maximum Gasteiger partial charge on any atom is 0.409 e. The van der Waals surface area contributed by atoms with E-state index in [4.69, 9.17) is 4.74 Å². The first kappa shape index (κ1) is 27.0. The molecule has 39 heavy (non-hydrogen) atoms. The van der Waals surface area contributed by atoms with Crippen LogP contribution < -0.4 is 10.2 Å². The Kier molecular flexibility index (Phi) is 7.76. The van der Waals surface area contributed by atoms with Crippen molar-refractivity contribution in [1.82, 2.24) is 20.0 Å². The Balaban J connectivity index is 1.16. The van der Waals surface area contributed by atoms with E-state index in [0.717, 1.165) is 11.3 Å². The summed E-state index contributed by atoms with van der Waals surface area (Å²) in [4.78, 5) is 70.0. The first-order valence-corrected chi connectivity index (χ1v) is 13.9. The molecule has 1 N–H and O–H groups in total. The summed E-state index contributed by atoms with van der Waals surface area (Å²) in [6.07, 6.45) is 1.67.